The molecule has 1 spiro atoms. The molecular formula is C25H25N3O4. The zero-order valence-corrected chi connectivity index (χ0v) is 17.6. The predicted molar refractivity (Wildman–Crippen MR) is 116 cm³/mol. The van der Waals surface area contributed by atoms with Crippen molar-refractivity contribution in [1.82, 2.24) is 10.2 Å². The van der Waals surface area contributed by atoms with Crippen LogP contribution in [0, 0.1) is 11.8 Å². The molecule has 164 valence electrons. The Morgan fingerprint density at radius 1 is 1.00 bits per heavy atom. The van der Waals surface area contributed by atoms with E-state index in [0.717, 1.165) is 24.0 Å². The van der Waals surface area contributed by atoms with Crippen molar-refractivity contribution in [1.29, 1.82) is 0 Å². The average molecular weight is 431 g/mol. The van der Waals surface area contributed by atoms with Crippen LogP contribution in [0.3, 0.4) is 0 Å². The topological polar surface area (TPSA) is 87.7 Å². The van der Waals surface area contributed by atoms with Crippen LogP contribution in [-0.2, 0) is 31.1 Å². The number of rotatable bonds is 4. The summed E-state index contributed by atoms with van der Waals surface area (Å²) in [6.45, 7) is 0.924. The quantitative estimate of drug-likeness (QED) is 0.722. The summed E-state index contributed by atoms with van der Waals surface area (Å²) in [6.07, 6.45) is 2.22. The van der Waals surface area contributed by atoms with Crippen LogP contribution in [0.25, 0.3) is 0 Å². The summed E-state index contributed by atoms with van der Waals surface area (Å²) < 4.78 is 5.71. The van der Waals surface area contributed by atoms with Gasteiger partial charge >= 0.3 is 0 Å². The number of amides is 3. The van der Waals surface area contributed by atoms with Crippen molar-refractivity contribution in [2.75, 3.05) is 18.5 Å². The molecule has 0 radical (unpaired) electrons. The number of carbonyl (C=O) groups is 3. The molecule has 6 rings (SSSR count). The molecule has 3 saturated heterocycles. The maximum Gasteiger partial charge on any atom is 0.250 e. The standard InChI is InChI=1S/C25H25N3O4/c29-22-20-19(13-15-7-2-1-3-8-15)27-25(17-10-4-5-11-18(17)26-24(25)31)21(20)23(30)28(22)14-16-9-6-12-32-16/h1-5,7-8,10-11,16,19-21,27H,6,9,12-14H2,(H,26,31)/t16-,19-,20+,21+,25-/m0/s1. The van der Waals surface area contributed by atoms with Gasteiger partial charge in [-0.2, -0.15) is 0 Å². The molecule has 32 heavy (non-hydrogen) atoms. The van der Waals surface area contributed by atoms with Crippen LogP contribution in [0.2, 0.25) is 0 Å². The lowest BCUT2D eigenvalue weighted by Crippen LogP contribution is -2.54. The van der Waals surface area contributed by atoms with E-state index in [1.54, 1.807) is 0 Å². The van der Waals surface area contributed by atoms with Crippen molar-refractivity contribution in [3.63, 3.8) is 0 Å². The Morgan fingerprint density at radius 3 is 2.56 bits per heavy atom. The molecule has 4 aliphatic rings. The van der Waals surface area contributed by atoms with Crippen LogP contribution in [0.1, 0.15) is 24.0 Å². The van der Waals surface area contributed by atoms with E-state index in [9.17, 15) is 14.4 Å². The molecular weight excluding hydrogens is 406 g/mol. The summed E-state index contributed by atoms with van der Waals surface area (Å²) in [5, 5.41) is 6.43. The monoisotopic (exact) mass is 431 g/mol. The highest BCUT2D eigenvalue weighted by molar-refractivity contribution is 6.15. The van der Waals surface area contributed by atoms with Gasteiger partial charge < -0.3 is 10.1 Å². The molecule has 0 aromatic heterocycles. The van der Waals surface area contributed by atoms with E-state index >= 15 is 0 Å². The fourth-order valence-corrected chi connectivity index (χ4v) is 6.03. The number of hydrogen-bond acceptors (Lipinski definition) is 5. The van der Waals surface area contributed by atoms with Crippen LogP contribution < -0.4 is 10.6 Å². The van der Waals surface area contributed by atoms with Gasteiger partial charge in [0.1, 0.15) is 5.54 Å². The zero-order valence-electron chi connectivity index (χ0n) is 17.6. The van der Waals surface area contributed by atoms with Gasteiger partial charge in [-0.05, 0) is 30.9 Å². The minimum Gasteiger partial charge on any atom is -0.376 e. The number of fused-ring (bicyclic) bond motifs is 4. The van der Waals surface area contributed by atoms with Gasteiger partial charge in [-0.3, -0.25) is 24.6 Å². The van der Waals surface area contributed by atoms with Crippen molar-refractivity contribution in [3.8, 4) is 0 Å². The number of carbonyl (C=O) groups excluding carboxylic acids is 3. The minimum absolute atomic E-state index is 0.122. The lowest BCUT2D eigenvalue weighted by Gasteiger charge is -2.30. The van der Waals surface area contributed by atoms with Crippen molar-refractivity contribution < 1.29 is 19.1 Å². The summed E-state index contributed by atoms with van der Waals surface area (Å²) in [6, 6.07) is 17.0. The molecule has 2 aromatic rings. The van der Waals surface area contributed by atoms with Crippen LogP contribution >= 0.6 is 0 Å². The molecule has 3 amide bonds. The second-order valence-electron chi connectivity index (χ2n) is 9.17. The Balaban J connectivity index is 1.43. The third kappa shape index (κ3) is 2.71. The summed E-state index contributed by atoms with van der Waals surface area (Å²) in [5.41, 5.74) is 1.27. The fourth-order valence-electron chi connectivity index (χ4n) is 6.03. The molecule has 2 aromatic carbocycles. The van der Waals surface area contributed by atoms with Crippen LogP contribution in [0.4, 0.5) is 5.69 Å². The van der Waals surface area contributed by atoms with E-state index in [4.69, 9.17) is 4.74 Å². The highest BCUT2D eigenvalue weighted by Gasteiger charge is 2.70. The summed E-state index contributed by atoms with van der Waals surface area (Å²) in [7, 11) is 0. The van der Waals surface area contributed by atoms with Gasteiger partial charge in [0.2, 0.25) is 17.7 Å². The van der Waals surface area contributed by atoms with Gasteiger partial charge in [0.25, 0.3) is 0 Å². The first kappa shape index (κ1) is 19.6. The fraction of sp³-hybridized carbons (Fsp3) is 0.400. The van der Waals surface area contributed by atoms with E-state index < -0.39 is 17.4 Å². The molecule has 4 aliphatic heterocycles. The normalized spacial score (nSPS) is 33.1. The number of imide groups is 1. The number of nitrogens with zero attached hydrogens (tertiary/aromatic N) is 1. The Hall–Kier alpha value is -3.03. The molecule has 2 N–H and O–H groups in total. The molecule has 5 atom stereocenters. The number of likely N-dealkylation sites (tertiary alicyclic amines) is 1. The molecule has 0 saturated carbocycles. The van der Waals surface area contributed by atoms with Crippen molar-refractivity contribution in [3.05, 3.63) is 65.7 Å². The van der Waals surface area contributed by atoms with Crippen molar-refractivity contribution >= 4 is 23.4 Å². The molecule has 0 unspecified atom stereocenters. The van der Waals surface area contributed by atoms with Gasteiger partial charge in [-0.1, -0.05) is 48.5 Å². The number of nitrogens with one attached hydrogen (secondary N) is 2. The maximum atomic E-state index is 13.7. The lowest BCUT2D eigenvalue weighted by atomic mass is 9.76. The van der Waals surface area contributed by atoms with E-state index in [1.807, 2.05) is 54.6 Å². The summed E-state index contributed by atoms with van der Waals surface area (Å²) >= 11 is 0. The Labute approximate surface area is 186 Å². The Morgan fingerprint density at radius 2 is 1.78 bits per heavy atom. The first-order valence-corrected chi connectivity index (χ1v) is 11.3. The molecule has 4 heterocycles. The summed E-state index contributed by atoms with van der Waals surface area (Å²) in [4.78, 5) is 42.1. The third-order valence-electron chi connectivity index (χ3n) is 7.42. The van der Waals surface area contributed by atoms with Crippen LogP contribution in [-0.4, -0.2) is 47.9 Å². The lowest BCUT2D eigenvalue weighted by molar-refractivity contribution is -0.144. The van der Waals surface area contributed by atoms with E-state index in [-0.39, 0.29) is 36.4 Å². The van der Waals surface area contributed by atoms with E-state index in [0.29, 0.717) is 18.7 Å². The van der Waals surface area contributed by atoms with Crippen LogP contribution in [0.5, 0.6) is 0 Å². The molecule has 7 heteroatoms. The second kappa shape index (κ2) is 7.25. The maximum absolute atomic E-state index is 13.7. The number of ether oxygens (including phenoxy) is 1. The second-order valence-corrected chi connectivity index (χ2v) is 9.17. The average Bonchev–Trinajstić information content (AvgIpc) is 3.54. The Kier molecular flexibility index (Phi) is 4.45. The van der Waals surface area contributed by atoms with Gasteiger partial charge in [0, 0.05) is 23.9 Å². The minimum atomic E-state index is -1.24. The molecule has 7 nitrogen and oxygen atoms in total. The predicted octanol–water partition coefficient (Wildman–Crippen LogP) is 1.83. The van der Waals surface area contributed by atoms with E-state index in [2.05, 4.69) is 10.6 Å². The van der Waals surface area contributed by atoms with Crippen molar-refractivity contribution in [2.45, 2.75) is 36.9 Å². The van der Waals surface area contributed by atoms with Crippen molar-refractivity contribution in [2.24, 2.45) is 11.8 Å². The highest BCUT2D eigenvalue weighted by Crippen LogP contribution is 2.53. The summed E-state index contributed by atoms with van der Waals surface area (Å²) in [5.74, 6) is -2.09. The van der Waals surface area contributed by atoms with Crippen LogP contribution in [0.15, 0.2) is 54.6 Å². The zero-order chi connectivity index (χ0) is 21.9. The van der Waals surface area contributed by atoms with E-state index in [1.165, 1.54) is 4.90 Å². The first-order chi connectivity index (χ1) is 15.6. The third-order valence-corrected chi connectivity index (χ3v) is 7.42. The smallest absolute Gasteiger partial charge is 0.250 e. The number of anilines is 1. The number of benzene rings is 2. The molecule has 0 aliphatic carbocycles. The molecule has 0 bridgehead atoms. The highest BCUT2D eigenvalue weighted by atomic mass is 16.5. The van der Waals surface area contributed by atoms with Gasteiger partial charge in [-0.25, -0.2) is 0 Å². The SMILES string of the molecule is O=C1[C@@H]2[C@H](Cc3ccccc3)N[C@]3(C(=O)Nc4ccccc43)[C@H]2C(=O)N1C[C@@H]1CCCO1. The largest absolute Gasteiger partial charge is 0.376 e. The van der Waals surface area contributed by atoms with Gasteiger partial charge in [0.05, 0.1) is 24.5 Å². The van der Waals surface area contributed by atoms with Gasteiger partial charge in [-0.15, -0.1) is 0 Å². The Bertz CT molecular complexity index is 1100. The molecule has 3 fully saturated rings. The number of para-hydroxylation sites is 1. The first-order valence-electron chi connectivity index (χ1n) is 11.3. The number of hydrogen-bond donors (Lipinski definition) is 2. The van der Waals surface area contributed by atoms with Gasteiger partial charge in [0.15, 0.2) is 0 Å².